The van der Waals surface area contributed by atoms with Gasteiger partial charge < -0.3 is 0 Å². The maximum atomic E-state index is 12.8. The minimum atomic E-state index is -0.0267. The van der Waals surface area contributed by atoms with Crippen molar-refractivity contribution in [1.29, 1.82) is 0 Å². The normalized spacial score (nSPS) is 18.8. The molecule has 21 heavy (non-hydrogen) atoms. The maximum Gasteiger partial charge on any atom is 0.261 e. The van der Waals surface area contributed by atoms with Crippen LogP contribution >= 0.6 is 0 Å². The first-order valence-corrected chi connectivity index (χ1v) is 7.58. The summed E-state index contributed by atoms with van der Waals surface area (Å²) < 4.78 is 1.84. The molecule has 2 heterocycles. The number of hydrogen-bond acceptors (Lipinski definition) is 3. The van der Waals surface area contributed by atoms with Gasteiger partial charge in [-0.1, -0.05) is 6.42 Å². The van der Waals surface area contributed by atoms with Crippen molar-refractivity contribution in [2.75, 3.05) is 0 Å². The van der Waals surface area contributed by atoms with Crippen LogP contribution < -0.4 is 5.56 Å². The van der Waals surface area contributed by atoms with Gasteiger partial charge >= 0.3 is 0 Å². The van der Waals surface area contributed by atoms with Crippen molar-refractivity contribution in [1.82, 2.24) is 9.55 Å². The predicted octanol–water partition coefficient (Wildman–Crippen LogP) is 2.73. The van der Waals surface area contributed by atoms with E-state index < -0.39 is 0 Å². The third-order valence-corrected chi connectivity index (χ3v) is 5.18. The maximum absolute atomic E-state index is 12.8. The number of aromatic nitrogens is 2. The first-order valence-electron chi connectivity index (χ1n) is 7.58. The summed E-state index contributed by atoms with van der Waals surface area (Å²) in [5.41, 5.74) is 2.23. The highest BCUT2D eigenvalue weighted by Crippen LogP contribution is 2.49. The van der Waals surface area contributed by atoms with Gasteiger partial charge in [0.1, 0.15) is 5.82 Å². The molecule has 0 N–H and O–H groups in total. The Morgan fingerprint density at radius 2 is 2.05 bits per heavy atom. The van der Waals surface area contributed by atoms with E-state index in [1.165, 1.54) is 6.42 Å². The molecule has 4 nitrogen and oxygen atoms in total. The number of benzene rings is 1. The molecule has 1 aliphatic carbocycles. The number of carbonyl (C=O) groups excluding carboxylic acids is 1. The Kier molecular flexibility index (Phi) is 2.44. The Labute approximate surface area is 122 Å². The van der Waals surface area contributed by atoms with Gasteiger partial charge in [0.05, 0.1) is 10.9 Å². The fourth-order valence-electron chi connectivity index (χ4n) is 3.87. The molecule has 0 amide bonds. The average Bonchev–Trinajstić information content (AvgIpc) is 2.78. The third kappa shape index (κ3) is 1.59. The van der Waals surface area contributed by atoms with E-state index in [1.807, 2.05) is 23.6 Å². The Hall–Kier alpha value is -1.97. The highest BCUT2D eigenvalue weighted by molar-refractivity contribution is 6.05. The zero-order chi connectivity index (χ0) is 14.8. The molecule has 0 atom stereocenters. The first-order chi connectivity index (χ1) is 10.0. The van der Waals surface area contributed by atoms with E-state index in [0.717, 1.165) is 37.2 Å². The van der Waals surface area contributed by atoms with Crippen molar-refractivity contribution in [3.8, 4) is 0 Å². The van der Waals surface area contributed by atoms with E-state index in [0.29, 0.717) is 16.5 Å². The standard InChI is InChI=1S/C17H18N2O2/c1-10-8-12(11(2)20)14-13(9-10)15(21)19-7-6-17(4-3-5-17)16(19)18-14/h8-9H,3-7H2,1-2H3. The number of Topliss-reactive ketones (excluding diaryl/α,β-unsaturated/α-hetero) is 1. The molecule has 4 rings (SSSR count). The Morgan fingerprint density at radius 1 is 1.29 bits per heavy atom. The molecular weight excluding hydrogens is 264 g/mol. The number of nitrogens with zero attached hydrogens (tertiary/aromatic N) is 2. The number of hydrogen-bond donors (Lipinski definition) is 0. The van der Waals surface area contributed by atoms with E-state index in [4.69, 9.17) is 4.98 Å². The van der Waals surface area contributed by atoms with Crippen LogP contribution in [0.1, 0.15) is 54.4 Å². The number of fused-ring (bicyclic) bond motifs is 3. The first kappa shape index (κ1) is 12.7. The molecule has 1 fully saturated rings. The quantitative estimate of drug-likeness (QED) is 0.756. The second-order valence-electron chi connectivity index (χ2n) is 6.54. The summed E-state index contributed by atoms with van der Waals surface area (Å²) in [6.07, 6.45) is 4.46. The SMILES string of the molecule is CC(=O)c1cc(C)cc2c(=O)n3c(nc12)C1(CCC1)CC3. The molecule has 1 aliphatic heterocycles. The van der Waals surface area contributed by atoms with Crippen molar-refractivity contribution in [2.24, 2.45) is 0 Å². The minimum Gasteiger partial charge on any atom is -0.296 e. The van der Waals surface area contributed by atoms with Gasteiger partial charge in [0.2, 0.25) is 0 Å². The zero-order valence-corrected chi connectivity index (χ0v) is 12.4. The van der Waals surface area contributed by atoms with Crippen LogP contribution in [0.2, 0.25) is 0 Å². The summed E-state index contributed by atoms with van der Waals surface area (Å²) in [5.74, 6) is 0.888. The summed E-state index contributed by atoms with van der Waals surface area (Å²) >= 11 is 0. The Morgan fingerprint density at radius 3 is 2.67 bits per heavy atom. The zero-order valence-electron chi connectivity index (χ0n) is 12.4. The van der Waals surface area contributed by atoms with Gasteiger partial charge in [0.15, 0.2) is 5.78 Å². The minimum absolute atomic E-state index is 0.0185. The van der Waals surface area contributed by atoms with Gasteiger partial charge in [-0.3, -0.25) is 14.2 Å². The lowest BCUT2D eigenvalue weighted by Gasteiger charge is -2.37. The van der Waals surface area contributed by atoms with E-state index in [2.05, 4.69) is 0 Å². The lowest BCUT2D eigenvalue weighted by Crippen LogP contribution is -2.34. The Balaban J connectivity index is 2.11. The Bertz CT molecular complexity index is 844. The topological polar surface area (TPSA) is 52.0 Å². The van der Waals surface area contributed by atoms with Crippen LogP contribution in [-0.4, -0.2) is 15.3 Å². The molecule has 4 heteroatoms. The molecule has 2 aromatic rings. The highest BCUT2D eigenvalue weighted by atomic mass is 16.1. The van der Waals surface area contributed by atoms with Gasteiger partial charge in [-0.2, -0.15) is 0 Å². The smallest absolute Gasteiger partial charge is 0.261 e. The van der Waals surface area contributed by atoms with Crippen molar-refractivity contribution < 1.29 is 4.79 Å². The van der Waals surface area contributed by atoms with Crippen molar-refractivity contribution in [3.63, 3.8) is 0 Å². The van der Waals surface area contributed by atoms with Crippen LogP contribution in [0.3, 0.4) is 0 Å². The summed E-state index contributed by atoms with van der Waals surface area (Å²) in [6, 6.07) is 3.70. The van der Waals surface area contributed by atoms with Crippen molar-refractivity contribution >= 4 is 16.7 Å². The lowest BCUT2D eigenvalue weighted by atomic mass is 9.67. The molecule has 1 saturated carbocycles. The van der Waals surface area contributed by atoms with Crippen molar-refractivity contribution in [3.05, 3.63) is 39.4 Å². The molecule has 1 spiro atoms. The van der Waals surface area contributed by atoms with Crippen LogP contribution in [0.25, 0.3) is 10.9 Å². The molecule has 0 saturated heterocycles. The number of carbonyl (C=O) groups is 1. The van der Waals surface area contributed by atoms with Gasteiger partial charge in [-0.05, 0) is 50.8 Å². The number of rotatable bonds is 1. The third-order valence-electron chi connectivity index (χ3n) is 5.18. The molecule has 1 aromatic heterocycles. The van der Waals surface area contributed by atoms with Gasteiger partial charge in [-0.25, -0.2) is 4.98 Å². The molecular formula is C17H18N2O2. The monoisotopic (exact) mass is 282 g/mol. The van der Waals surface area contributed by atoms with E-state index in [9.17, 15) is 9.59 Å². The van der Waals surface area contributed by atoms with Crippen LogP contribution in [0.15, 0.2) is 16.9 Å². The molecule has 1 aromatic carbocycles. The lowest BCUT2D eigenvalue weighted by molar-refractivity contribution is 0.101. The number of ketones is 1. The summed E-state index contributed by atoms with van der Waals surface area (Å²) in [7, 11) is 0. The van der Waals surface area contributed by atoms with Crippen molar-refractivity contribution in [2.45, 2.75) is 51.5 Å². The summed E-state index contributed by atoms with van der Waals surface area (Å²) in [6.45, 7) is 4.22. The van der Waals surface area contributed by atoms with E-state index in [1.54, 1.807) is 6.92 Å². The van der Waals surface area contributed by atoms with Crippen LogP contribution in [-0.2, 0) is 12.0 Å². The molecule has 0 bridgehead atoms. The van der Waals surface area contributed by atoms with Crippen LogP contribution in [0, 0.1) is 6.92 Å². The molecule has 0 radical (unpaired) electrons. The van der Waals surface area contributed by atoms with Gasteiger partial charge in [0, 0.05) is 17.5 Å². The highest BCUT2D eigenvalue weighted by Gasteiger charge is 2.46. The average molecular weight is 282 g/mol. The van der Waals surface area contributed by atoms with E-state index in [-0.39, 0.29) is 16.8 Å². The molecule has 0 unspecified atom stereocenters. The summed E-state index contributed by atoms with van der Waals surface area (Å²) in [4.78, 5) is 29.5. The van der Waals surface area contributed by atoms with Gasteiger partial charge in [-0.15, -0.1) is 0 Å². The second kappa shape index (κ2) is 4.03. The predicted molar refractivity (Wildman–Crippen MR) is 80.9 cm³/mol. The second-order valence-corrected chi connectivity index (χ2v) is 6.54. The fraction of sp³-hybridized carbons (Fsp3) is 0.471. The number of aryl methyl sites for hydroxylation is 1. The fourth-order valence-corrected chi connectivity index (χ4v) is 3.87. The van der Waals surface area contributed by atoms with Crippen LogP contribution in [0.5, 0.6) is 0 Å². The summed E-state index contributed by atoms with van der Waals surface area (Å²) in [5, 5.41) is 0.584. The molecule has 108 valence electrons. The largest absolute Gasteiger partial charge is 0.296 e. The van der Waals surface area contributed by atoms with E-state index >= 15 is 0 Å². The molecule has 2 aliphatic rings. The van der Waals surface area contributed by atoms with Crippen LogP contribution in [0.4, 0.5) is 0 Å². The van der Waals surface area contributed by atoms with Gasteiger partial charge in [0.25, 0.3) is 5.56 Å².